The molecular formula is C30H42N3P3. The van der Waals surface area contributed by atoms with Gasteiger partial charge < -0.3 is 0 Å². The Kier molecular flexibility index (Phi) is 10.0. The fourth-order valence-corrected chi connectivity index (χ4v) is 7.40. The van der Waals surface area contributed by atoms with E-state index in [2.05, 4.69) is 94.6 Å². The van der Waals surface area contributed by atoms with Gasteiger partial charge in [0.1, 0.15) is 0 Å². The second-order valence-corrected chi connectivity index (χ2v) is 18.7. The van der Waals surface area contributed by atoms with E-state index in [-0.39, 0.29) is 41.5 Å². The van der Waals surface area contributed by atoms with E-state index in [1.165, 1.54) is 52.6 Å². The lowest BCUT2D eigenvalue weighted by Crippen LogP contribution is -2.16. The van der Waals surface area contributed by atoms with E-state index < -0.39 is 0 Å². The Bertz CT molecular complexity index is 932. The molecule has 6 heteroatoms. The second kappa shape index (κ2) is 13.0. The van der Waals surface area contributed by atoms with Gasteiger partial charge in [-0.15, -0.1) is 23.8 Å². The van der Waals surface area contributed by atoms with Crippen molar-refractivity contribution in [1.29, 1.82) is 0 Å². The molecule has 4 heterocycles. The zero-order valence-corrected chi connectivity index (χ0v) is 25.5. The Labute approximate surface area is 222 Å². The molecule has 0 spiro atoms. The first kappa shape index (κ1) is 27.8. The number of hydrogen-bond donors (Lipinski definition) is 0. The summed E-state index contributed by atoms with van der Waals surface area (Å²) in [4.78, 5) is 16.0. The van der Waals surface area contributed by atoms with E-state index in [1.807, 2.05) is 0 Å². The number of fused-ring (bicyclic) bond motifs is 6. The maximum Gasteiger partial charge on any atom is 0.0497 e. The van der Waals surface area contributed by atoms with E-state index in [0.717, 1.165) is 19.3 Å². The topological polar surface area (TPSA) is 38.7 Å². The fourth-order valence-electron chi connectivity index (χ4n) is 5.07. The highest BCUT2D eigenvalue weighted by Crippen LogP contribution is 2.39. The Morgan fingerprint density at radius 1 is 0.444 bits per heavy atom. The Balaban J connectivity index is 1.89. The van der Waals surface area contributed by atoms with Crippen LogP contribution in [0.2, 0.25) is 0 Å². The third-order valence-corrected chi connectivity index (χ3v) is 10.6. The molecule has 0 fully saturated rings. The van der Waals surface area contributed by atoms with Crippen LogP contribution in [0.1, 0.15) is 71.2 Å². The monoisotopic (exact) mass is 537 g/mol. The fraction of sp³-hybridized carbons (Fsp3) is 0.500. The van der Waals surface area contributed by atoms with Gasteiger partial charge in [-0.25, -0.2) is 0 Å². The van der Waals surface area contributed by atoms with Gasteiger partial charge in [-0.3, -0.25) is 15.0 Å². The van der Waals surface area contributed by atoms with Gasteiger partial charge in [0.25, 0.3) is 0 Å². The molecule has 3 aromatic heterocycles. The standard InChI is InChI=1S/C30H42N3P3/c1-34(2)19-16-22-25-10-7-12-27(31-25)23(17-20-35(3)4)29-14-9-15-30(33-29)24(18-21-36(5)6)28-13-8-11-26(22)32-28/h7-15,22-24H,16-21H2,1-6H3. The predicted octanol–water partition coefficient (Wildman–Crippen LogP) is 7.98. The van der Waals surface area contributed by atoms with Gasteiger partial charge in [0.2, 0.25) is 0 Å². The minimum Gasteiger partial charge on any atom is -0.256 e. The van der Waals surface area contributed by atoms with Gasteiger partial charge in [0.05, 0.1) is 0 Å². The predicted molar refractivity (Wildman–Crippen MR) is 163 cm³/mol. The van der Waals surface area contributed by atoms with Crippen molar-refractivity contribution >= 4 is 23.8 Å². The highest BCUT2D eigenvalue weighted by Gasteiger charge is 2.26. The van der Waals surface area contributed by atoms with Crippen molar-refractivity contribution in [3.63, 3.8) is 0 Å². The summed E-state index contributed by atoms with van der Waals surface area (Å²) in [6, 6.07) is 20.0. The number of hydrogen-bond acceptors (Lipinski definition) is 3. The third-order valence-electron chi connectivity index (χ3n) is 7.11. The average Bonchev–Trinajstić information content (AvgIpc) is 2.84. The third kappa shape index (κ3) is 7.19. The maximum atomic E-state index is 5.35. The average molecular weight is 538 g/mol. The molecule has 0 aromatic carbocycles. The highest BCUT2D eigenvalue weighted by molar-refractivity contribution is 7.56. The Morgan fingerprint density at radius 2 is 0.667 bits per heavy atom. The molecule has 4 rings (SSSR count). The lowest BCUT2D eigenvalue weighted by Gasteiger charge is -2.25. The first-order valence-corrected chi connectivity index (χ1v) is 20.4. The molecule has 6 bridgehead atoms. The summed E-state index contributed by atoms with van der Waals surface area (Å²) in [6.07, 6.45) is 7.02. The molecule has 1 aliphatic heterocycles. The number of nitrogens with zero attached hydrogens (tertiary/aromatic N) is 3. The van der Waals surface area contributed by atoms with Crippen LogP contribution in [0.25, 0.3) is 0 Å². The van der Waals surface area contributed by atoms with Crippen LogP contribution in [0.4, 0.5) is 0 Å². The molecule has 0 unspecified atom stereocenters. The van der Waals surface area contributed by atoms with Crippen LogP contribution in [0.5, 0.6) is 0 Å². The SMILES string of the molecule is CP(C)CCC1c2cccc(n2)C(CCP(C)C)c2cccc(n2)C(CCP(C)C)c2cccc1n2. The van der Waals surface area contributed by atoms with Crippen molar-refractivity contribution in [3.8, 4) is 0 Å². The second-order valence-electron chi connectivity index (χ2n) is 10.9. The van der Waals surface area contributed by atoms with E-state index in [4.69, 9.17) is 15.0 Å². The molecule has 0 aliphatic carbocycles. The summed E-state index contributed by atoms with van der Waals surface area (Å²) in [7, 11) is 0.0943. The normalized spacial score (nSPS) is 19.4. The van der Waals surface area contributed by atoms with Crippen molar-refractivity contribution in [2.75, 3.05) is 58.5 Å². The maximum absolute atomic E-state index is 5.35. The molecule has 0 atom stereocenters. The Hall–Kier alpha value is -1.26. The van der Waals surface area contributed by atoms with Crippen molar-refractivity contribution in [2.24, 2.45) is 0 Å². The number of aromatic nitrogens is 3. The van der Waals surface area contributed by atoms with Crippen molar-refractivity contribution < 1.29 is 0 Å². The van der Waals surface area contributed by atoms with E-state index in [0.29, 0.717) is 0 Å². The zero-order chi connectivity index (χ0) is 25.7. The van der Waals surface area contributed by atoms with Crippen LogP contribution in [-0.2, 0) is 0 Å². The minimum absolute atomic E-state index is 0.0314. The quantitative estimate of drug-likeness (QED) is 0.260. The minimum atomic E-state index is 0.0314. The molecule has 36 heavy (non-hydrogen) atoms. The van der Waals surface area contributed by atoms with E-state index >= 15 is 0 Å². The lowest BCUT2D eigenvalue weighted by atomic mass is 9.90. The summed E-state index contributed by atoms with van der Waals surface area (Å²) in [5, 5.41) is 0. The molecular weight excluding hydrogens is 495 g/mol. The van der Waals surface area contributed by atoms with E-state index in [9.17, 15) is 0 Å². The Morgan fingerprint density at radius 3 is 0.861 bits per heavy atom. The van der Waals surface area contributed by atoms with Crippen LogP contribution < -0.4 is 0 Å². The molecule has 1 aliphatic rings. The van der Waals surface area contributed by atoms with Crippen LogP contribution in [0.3, 0.4) is 0 Å². The molecule has 3 aromatic rings. The van der Waals surface area contributed by atoms with Gasteiger partial charge in [-0.05, 0) is 114 Å². The van der Waals surface area contributed by atoms with Gasteiger partial charge in [0, 0.05) is 51.9 Å². The lowest BCUT2D eigenvalue weighted by molar-refractivity contribution is 0.652. The molecule has 0 amide bonds. The first-order chi connectivity index (χ1) is 17.3. The summed E-state index contributed by atoms with van der Waals surface area (Å²) in [5.41, 5.74) is 7.05. The molecule has 0 saturated carbocycles. The van der Waals surface area contributed by atoms with Crippen LogP contribution in [-0.4, -0.2) is 73.4 Å². The number of rotatable bonds is 9. The van der Waals surface area contributed by atoms with Crippen molar-refractivity contribution in [1.82, 2.24) is 15.0 Å². The zero-order valence-electron chi connectivity index (χ0n) is 22.9. The van der Waals surface area contributed by atoms with Crippen molar-refractivity contribution in [3.05, 3.63) is 88.8 Å². The molecule has 0 saturated heterocycles. The summed E-state index contributed by atoms with van der Waals surface area (Å²) in [5.74, 6) is 0.724. The van der Waals surface area contributed by atoms with Gasteiger partial charge >= 0.3 is 0 Å². The van der Waals surface area contributed by atoms with Gasteiger partial charge in [-0.1, -0.05) is 18.2 Å². The molecule has 0 radical (unpaired) electrons. The molecule has 0 N–H and O–H groups in total. The van der Waals surface area contributed by atoms with Crippen LogP contribution in [0, 0.1) is 0 Å². The summed E-state index contributed by atoms with van der Waals surface area (Å²) >= 11 is 0. The summed E-state index contributed by atoms with van der Waals surface area (Å²) < 4.78 is 0. The van der Waals surface area contributed by atoms with Gasteiger partial charge in [0.15, 0.2) is 0 Å². The number of pyridine rings is 3. The summed E-state index contributed by atoms with van der Waals surface area (Å²) in [6.45, 7) is 14.3. The van der Waals surface area contributed by atoms with Crippen LogP contribution >= 0.6 is 23.8 Å². The van der Waals surface area contributed by atoms with Crippen molar-refractivity contribution in [2.45, 2.75) is 37.0 Å². The van der Waals surface area contributed by atoms with Crippen LogP contribution in [0.15, 0.2) is 54.6 Å². The first-order valence-electron chi connectivity index (χ1n) is 13.2. The smallest absolute Gasteiger partial charge is 0.0497 e. The molecule has 192 valence electrons. The van der Waals surface area contributed by atoms with E-state index in [1.54, 1.807) is 0 Å². The highest BCUT2D eigenvalue weighted by atomic mass is 31.1. The van der Waals surface area contributed by atoms with Gasteiger partial charge in [-0.2, -0.15) is 0 Å². The largest absolute Gasteiger partial charge is 0.256 e. The molecule has 3 nitrogen and oxygen atoms in total.